The molecule has 4 rings (SSSR count). The van der Waals surface area contributed by atoms with Crippen molar-refractivity contribution in [2.45, 2.75) is 26.5 Å². The van der Waals surface area contributed by atoms with Crippen molar-refractivity contribution < 1.29 is 14.1 Å². The maximum Gasteiger partial charge on any atom is 0.274 e. The molecule has 1 amide bonds. The third kappa shape index (κ3) is 4.81. The van der Waals surface area contributed by atoms with Crippen LogP contribution >= 0.6 is 11.6 Å². The fraction of sp³-hybridized carbons (Fsp3) is 0.167. The number of aryl methyl sites for hydroxylation is 1. The number of halogens is 1. The zero-order chi connectivity index (χ0) is 21.8. The molecule has 0 radical (unpaired) electrons. The molecule has 4 aromatic rings. The Labute approximate surface area is 185 Å². The van der Waals surface area contributed by atoms with Gasteiger partial charge >= 0.3 is 0 Å². The molecule has 6 nitrogen and oxygen atoms in total. The third-order valence-corrected chi connectivity index (χ3v) is 5.27. The average molecular weight is 436 g/mol. The van der Waals surface area contributed by atoms with Gasteiger partial charge < -0.3 is 19.1 Å². The fourth-order valence-corrected chi connectivity index (χ4v) is 3.36. The Kier molecular flexibility index (Phi) is 6.09. The summed E-state index contributed by atoms with van der Waals surface area (Å²) in [5.74, 6) is 0.873. The number of hydrogen-bond acceptors (Lipinski definition) is 4. The molecule has 1 N–H and O–H groups in total. The van der Waals surface area contributed by atoms with E-state index < -0.39 is 0 Å². The van der Waals surface area contributed by atoms with Gasteiger partial charge in [-0.1, -0.05) is 28.9 Å². The Balaban J connectivity index is 1.46. The van der Waals surface area contributed by atoms with Crippen molar-refractivity contribution in [2.24, 2.45) is 0 Å². The van der Waals surface area contributed by atoms with Crippen molar-refractivity contribution in [2.75, 3.05) is 0 Å². The SMILES string of the molecule is Cc1onc(C(=O)NC(C)c2cccc(-n3cccc3)c2)c1COc1ccc(Cl)cc1. The van der Waals surface area contributed by atoms with Gasteiger partial charge in [-0.3, -0.25) is 4.79 Å². The van der Waals surface area contributed by atoms with Gasteiger partial charge in [-0.15, -0.1) is 0 Å². The number of hydrogen-bond donors (Lipinski definition) is 1. The van der Waals surface area contributed by atoms with Gasteiger partial charge in [-0.25, -0.2) is 0 Å². The van der Waals surface area contributed by atoms with Crippen LogP contribution in [0.5, 0.6) is 5.75 Å². The number of rotatable bonds is 7. The zero-order valence-corrected chi connectivity index (χ0v) is 18.0. The normalized spacial score (nSPS) is 11.8. The van der Waals surface area contributed by atoms with E-state index in [2.05, 4.69) is 10.5 Å². The van der Waals surface area contributed by atoms with Gasteiger partial charge in [-0.05, 0) is 67.9 Å². The highest BCUT2D eigenvalue weighted by molar-refractivity contribution is 6.30. The van der Waals surface area contributed by atoms with Crippen LogP contribution in [0.2, 0.25) is 5.02 Å². The molecule has 0 spiro atoms. The first-order valence-corrected chi connectivity index (χ1v) is 10.3. The highest BCUT2D eigenvalue weighted by Gasteiger charge is 2.22. The van der Waals surface area contributed by atoms with E-state index in [9.17, 15) is 4.79 Å². The fourth-order valence-electron chi connectivity index (χ4n) is 3.24. The van der Waals surface area contributed by atoms with Crippen LogP contribution in [0.4, 0.5) is 0 Å². The van der Waals surface area contributed by atoms with Crippen LogP contribution in [0.25, 0.3) is 5.69 Å². The maximum absolute atomic E-state index is 12.9. The molecule has 158 valence electrons. The quantitative estimate of drug-likeness (QED) is 0.416. The highest BCUT2D eigenvalue weighted by Crippen LogP contribution is 2.22. The van der Waals surface area contributed by atoms with Gasteiger partial charge in [0.25, 0.3) is 5.91 Å². The number of carbonyl (C=O) groups is 1. The molecule has 0 saturated carbocycles. The van der Waals surface area contributed by atoms with Gasteiger partial charge in [-0.2, -0.15) is 0 Å². The summed E-state index contributed by atoms with van der Waals surface area (Å²) in [5.41, 5.74) is 2.84. The molecule has 2 aromatic carbocycles. The van der Waals surface area contributed by atoms with Gasteiger partial charge in [0.1, 0.15) is 18.1 Å². The monoisotopic (exact) mass is 435 g/mol. The van der Waals surface area contributed by atoms with Crippen LogP contribution in [0.1, 0.15) is 40.3 Å². The molecule has 0 saturated heterocycles. The second-order valence-electron chi connectivity index (χ2n) is 7.19. The first-order chi connectivity index (χ1) is 15.0. The summed E-state index contributed by atoms with van der Waals surface area (Å²) in [6, 6.07) is 18.8. The van der Waals surface area contributed by atoms with Crippen molar-refractivity contribution in [3.05, 3.63) is 101 Å². The second kappa shape index (κ2) is 9.10. The number of nitrogens with one attached hydrogen (secondary N) is 1. The van der Waals surface area contributed by atoms with Crippen LogP contribution in [0.3, 0.4) is 0 Å². The summed E-state index contributed by atoms with van der Waals surface area (Å²) in [7, 11) is 0. The molecular formula is C24H22ClN3O3. The summed E-state index contributed by atoms with van der Waals surface area (Å²) in [6.07, 6.45) is 3.96. The first kappa shape index (κ1) is 20.8. The molecule has 0 aliphatic carbocycles. The van der Waals surface area contributed by atoms with E-state index in [1.54, 1.807) is 31.2 Å². The molecule has 2 heterocycles. The average Bonchev–Trinajstić information content (AvgIpc) is 3.44. The van der Waals surface area contributed by atoms with Crippen LogP contribution < -0.4 is 10.1 Å². The lowest BCUT2D eigenvalue weighted by molar-refractivity contribution is 0.0928. The van der Waals surface area contributed by atoms with E-state index in [4.69, 9.17) is 20.9 Å². The molecule has 7 heteroatoms. The van der Waals surface area contributed by atoms with Crippen molar-refractivity contribution in [3.8, 4) is 11.4 Å². The number of aromatic nitrogens is 2. The zero-order valence-electron chi connectivity index (χ0n) is 17.2. The molecule has 2 aromatic heterocycles. The van der Waals surface area contributed by atoms with Crippen LogP contribution in [-0.2, 0) is 6.61 Å². The number of ether oxygens (including phenoxy) is 1. The summed E-state index contributed by atoms with van der Waals surface area (Å²) in [5, 5.41) is 7.58. The van der Waals surface area contributed by atoms with Crippen LogP contribution in [0, 0.1) is 6.92 Å². The Hall–Kier alpha value is -3.51. The largest absolute Gasteiger partial charge is 0.489 e. The van der Waals surface area contributed by atoms with Gasteiger partial charge in [0.05, 0.1) is 11.6 Å². The van der Waals surface area contributed by atoms with Crippen molar-refractivity contribution in [3.63, 3.8) is 0 Å². The Bertz CT molecular complexity index is 1170. The van der Waals surface area contributed by atoms with Gasteiger partial charge in [0, 0.05) is 23.1 Å². The van der Waals surface area contributed by atoms with Crippen LogP contribution in [-0.4, -0.2) is 15.6 Å². The van der Waals surface area contributed by atoms with Crippen molar-refractivity contribution >= 4 is 17.5 Å². The minimum atomic E-state index is -0.314. The van der Waals surface area contributed by atoms with E-state index in [-0.39, 0.29) is 24.2 Å². The highest BCUT2D eigenvalue weighted by atomic mass is 35.5. The summed E-state index contributed by atoms with van der Waals surface area (Å²) in [6.45, 7) is 3.86. The molecule has 1 atom stereocenters. The van der Waals surface area contributed by atoms with Gasteiger partial charge in [0.15, 0.2) is 5.69 Å². The summed E-state index contributed by atoms with van der Waals surface area (Å²) in [4.78, 5) is 12.9. The Morgan fingerprint density at radius 1 is 1.16 bits per heavy atom. The van der Waals surface area contributed by atoms with E-state index in [0.717, 1.165) is 11.3 Å². The maximum atomic E-state index is 12.9. The number of amides is 1. The van der Waals surface area contributed by atoms with E-state index >= 15 is 0 Å². The number of carbonyl (C=O) groups excluding carboxylic acids is 1. The van der Waals surface area contributed by atoms with E-state index in [0.29, 0.717) is 22.1 Å². The third-order valence-electron chi connectivity index (χ3n) is 5.02. The lowest BCUT2D eigenvalue weighted by Crippen LogP contribution is -2.28. The predicted molar refractivity (Wildman–Crippen MR) is 119 cm³/mol. The molecule has 0 aliphatic rings. The van der Waals surface area contributed by atoms with E-state index in [1.807, 2.05) is 60.3 Å². The van der Waals surface area contributed by atoms with Crippen LogP contribution in [0.15, 0.2) is 77.6 Å². The molecule has 1 unspecified atom stereocenters. The minimum absolute atomic E-state index is 0.164. The van der Waals surface area contributed by atoms with Gasteiger partial charge in [0.2, 0.25) is 0 Å². The minimum Gasteiger partial charge on any atom is -0.489 e. The molecule has 31 heavy (non-hydrogen) atoms. The second-order valence-corrected chi connectivity index (χ2v) is 7.63. The first-order valence-electron chi connectivity index (χ1n) is 9.89. The van der Waals surface area contributed by atoms with E-state index in [1.165, 1.54) is 0 Å². The number of benzene rings is 2. The Morgan fingerprint density at radius 2 is 1.90 bits per heavy atom. The van der Waals surface area contributed by atoms with Crippen molar-refractivity contribution in [1.29, 1.82) is 0 Å². The molecule has 0 bridgehead atoms. The summed E-state index contributed by atoms with van der Waals surface area (Å²) >= 11 is 5.91. The lowest BCUT2D eigenvalue weighted by atomic mass is 10.1. The summed E-state index contributed by atoms with van der Waals surface area (Å²) < 4.78 is 13.1. The Morgan fingerprint density at radius 3 is 2.65 bits per heavy atom. The molecular weight excluding hydrogens is 414 g/mol. The van der Waals surface area contributed by atoms with Crippen molar-refractivity contribution in [1.82, 2.24) is 15.0 Å². The topological polar surface area (TPSA) is 69.3 Å². The number of nitrogens with zero attached hydrogens (tertiary/aromatic N) is 2. The lowest BCUT2D eigenvalue weighted by Gasteiger charge is -2.15. The predicted octanol–water partition coefficient (Wildman–Crippen LogP) is 5.50. The standard InChI is InChI=1S/C24H22ClN3O3/c1-16(18-6-5-7-20(14-18)28-12-3-4-13-28)26-24(29)23-22(17(2)31-27-23)15-30-21-10-8-19(25)9-11-21/h3-14,16H,15H2,1-2H3,(H,26,29). The molecule has 0 fully saturated rings. The molecule has 0 aliphatic heterocycles. The smallest absolute Gasteiger partial charge is 0.274 e.